The van der Waals surface area contributed by atoms with Crippen LogP contribution in [0.3, 0.4) is 0 Å². The summed E-state index contributed by atoms with van der Waals surface area (Å²) < 4.78 is 0.908. The van der Waals surface area contributed by atoms with E-state index in [1.807, 2.05) is 49.5 Å². The van der Waals surface area contributed by atoms with Crippen LogP contribution in [-0.4, -0.2) is 60.0 Å². The van der Waals surface area contributed by atoms with E-state index in [-0.39, 0.29) is 12.5 Å². The highest BCUT2D eigenvalue weighted by atomic mass is 79.9. The number of aliphatic hydroxyl groups is 1. The molecule has 1 atom stereocenters. The summed E-state index contributed by atoms with van der Waals surface area (Å²) in [6.45, 7) is 1.93. The number of halogens is 1. The normalized spacial score (nSPS) is 15.6. The van der Waals surface area contributed by atoms with Crippen LogP contribution >= 0.6 is 15.9 Å². The maximum absolute atomic E-state index is 10.6. The Labute approximate surface area is 176 Å². The number of para-hydroxylation sites is 1. The standard InChI is InChI=1S/C21H21BrN4O3/c1-26(8-10-27)9-11-29-25-19-14-4-2-3-5-16(14)23-20(19)18-15-12-13(22)6-7-17(15)24-21(18)28/h2-7,12,24,27-28H,8-11H2,1H3/p+1. The van der Waals surface area contributed by atoms with E-state index in [1.165, 1.54) is 0 Å². The molecule has 150 valence electrons. The number of fused-ring (bicyclic) bond motifs is 2. The molecule has 1 aromatic heterocycles. The Morgan fingerprint density at radius 2 is 2.03 bits per heavy atom. The van der Waals surface area contributed by atoms with E-state index in [2.05, 4.69) is 26.1 Å². The molecule has 7 nitrogen and oxygen atoms in total. The molecule has 1 aliphatic rings. The summed E-state index contributed by atoms with van der Waals surface area (Å²) >= 11 is 3.49. The molecule has 0 spiro atoms. The van der Waals surface area contributed by atoms with E-state index in [9.17, 15) is 5.11 Å². The predicted octanol–water partition coefficient (Wildman–Crippen LogP) is 2.00. The molecular weight excluding hydrogens is 436 g/mol. The topological polar surface area (TPSA) is 94.6 Å². The van der Waals surface area contributed by atoms with Crippen molar-refractivity contribution < 1.29 is 20.0 Å². The number of aromatic nitrogens is 1. The first kappa shape index (κ1) is 19.6. The number of H-pyrrole nitrogens is 1. The first-order chi connectivity index (χ1) is 14.1. The van der Waals surface area contributed by atoms with Crippen LogP contribution in [0.15, 0.2) is 57.1 Å². The van der Waals surface area contributed by atoms with Gasteiger partial charge < -0.3 is 24.9 Å². The van der Waals surface area contributed by atoms with Crippen molar-refractivity contribution in [2.24, 2.45) is 10.1 Å². The van der Waals surface area contributed by atoms with E-state index >= 15 is 0 Å². The molecule has 0 saturated heterocycles. The number of hydrogen-bond acceptors (Lipinski definition) is 5. The van der Waals surface area contributed by atoms with Crippen LogP contribution < -0.4 is 4.90 Å². The van der Waals surface area contributed by atoms with Gasteiger partial charge in [-0.05, 0) is 24.3 Å². The van der Waals surface area contributed by atoms with Crippen LogP contribution in [0.2, 0.25) is 0 Å². The van der Waals surface area contributed by atoms with Crippen LogP contribution in [0.5, 0.6) is 5.88 Å². The second-order valence-electron chi connectivity index (χ2n) is 6.97. The summed E-state index contributed by atoms with van der Waals surface area (Å²) in [6, 6.07) is 13.5. The van der Waals surface area contributed by atoms with Crippen molar-refractivity contribution >= 4 is 43.9 Å². The van der Waals surface area contributed by atoms with Gasteiger partial charge in [-0.25, -0.2) is 4.99 Å². The number of hydrogen-bond donors (Lipinski definition) is 4. The van der Waals surface area contributed by atoms with Gasteiger partial charge in [0, 0.05) is 20.9 Å². The fourth-order valence-corrected chi connectivity index (χ4v) is 3.74. The number of aromatic amines is 1. The minimum absolute atomic E-state index is 0.0458. The fourth-order valence-electron chi connectivity index (χ4n) is 3.37. The summed E-state index contributed by atoms with van der Waals surface area (Å²) in [5, 5.41) is 24.9. The molecule has 8 heteroatoms. The van der Waals surface area contributed by atoms with Gasteiger partial charge in [0.25, 0.3) is 0 Å². The maximum atomic E-state index is 10.6. The molecule has 1 aliphatic heterocycles. The summed E-state index contributed by atoms with van der Waals surface area (Å²) in [5.74, 6) is 0.0458. The quantitative estimate of drug-likeness (QED) is 0.322. The number of benzene rings is 2. The Balaban J connectivity index is 1.70. The third-order valence-corrected chi connectivity index (χ3v) is 5.40. The Morgan fingerprint density at radius 3 is 2.86 bits per heavy atom. The lowest BCUT2D eigenvalue weighted by Gasteiger charge is -2.11. The lowest BCUT2D eigenvalue weighted by atomic mass is 10.0. The van der Waals surface area contributed by atoms with Gasteiger partial charge in [0.1, 0.15) is 24.5 Å². The molecule has 0 saturated carbocycles. The number of nitrogens with zero attached hydrogens (tertiary/aromatic N) is 2. The molecule has 4 N–H and O–H groups in total. The van der Waals surface area contributed by atoms with E-state index in [0.29, 0.717) is 30.1 Å². The Hall–Kier alpha value is -2.68. The van der Waals surface area contributed by atoms with Crippen molar-refractivity contribution in [2.75, 3.05) is 33.4 Å². The Bertz CT molecular complexity index is 1110. The lowest BCUT2D eigenvalue weighted by molar-refractivity contribution is -0.880. The van der Waals surface area contributed by atoms with E-state index in [1.54, 1.807) is 0 Å². The number of aliphatic imine (C=N–C) groups is 1. The number of oxime groups is 1. The first-order valence-corrected chi connectivity index (χ1v) is 10.2. The molecule has 29 heavy (non-hydrogen) atoms. The van der Waals surface area contributed by atoms with Crippen molar-refractivity contribution in [2.45, 2.75) is 0 Å². The lowest BCUT2D eigenvalue weighted by Crippen LogP contribution is -3.10. The van der Waals surface area contributed by atoms with Crippen molar-refractivity contribution in [3.05, 3.63) is 58.1 Å². The van der Waals surface area contributed by atoms with Gasteiger partial charge in [-0.15, -0.1) is 0 Å². The zero-order valence-corrected chi connectivity index (χ0v) is 17.5. The van der Waals surface area contributed by atoms with Crippen LogP contribution in [0.25, 0.3) is 10.9 Å². The van der Waals surface area contributed by atoms with Gasteiger partial charge in [-0.1, -0.05) is 39.3 Å². The number of rotatable bonds is 7. The number of quaternary nitrogens is 1. The second-order valence-corrected chi connectivity index (χ2v) is 7.89. The first-order valence-electron chi connectivity index (χ1n) is 9.39. The SMILES string of the molecule is C[NH+](CCO)CCON=C1C(c2c(O)[nH]c3ccc(Br)cc23)=Nc2ccccc21. The van der Waals surface area contributed by atoms with Gasteiger partial charge in [0.2, 0.25) is 0 Å². The molecule has 0 fully saturated rings. The number of nitrogens with one attached hydrogen (secondary N) is 2. The molecule has 0 bridgehead atoms. The Kier molecular flexibility index (Phi) is 5.66. The Morgan fingerprint density at radius 1 is 1.21 bits per heavy atom. The highest BCUT2D eigenvalue weighted by Gasteiger charge is 2.29. The van der Waals surface area contributed by atoms with Crippen molar-refractivity contribution in [1.29, 1.82) is 0 Å². The van der Waals surface area contributed by atoms with Gasteiger partial charge in [-0.2, -0.15) is 0 Å². The summed E-state index contributed by atoms with van der Waals surface area (Å²) in [6.07, 6.45) is 0. The monoisotopic (exact) mass is 457 g/mol. The molecule has 2 aromatic carbocycles. The average Bonchev–Trinajstić information content (AvgIpc) is 3.21. The predicted molar refractivity (Wildman–Crippen MR) is 116 cm³/mol. The van der Waals surface area contributed by atoms with Gasteiger partial charge in [0.15, 0.2) is 12.5 Å². The smallest absolute Gasteiger partial charge is 0.199 e. The van der Waals surface area contributed by atoms with Crippen LogP contribution in [-0.2, 0) is 4.84 Å². The van der Waals surface area contributed by atoms with Crippen molar-refractivity contribution in [3.63, 3.8) is 0 Å². The number of aliphatic hydroxyl groups excluding tert-OH is 1. The van der Waals surface area contributed by atoms with Gasteiger partial charge in [0.05, 0.1) is 24.9 Å². The van der Waals surface area contributed by atoms with Crippen LogP contribution in [0, 0.1) is 0 Å². The van der Waals surface area contributed by atoms with Crippen LogP contribution in [0.1, 0.15) is 11.1 Å². The summed E-state index contributed by atoms with van der Waals surface area (Å²) in [7, 11) is 1.99. The number of likely N-dealkylation sites (N-methyl/N-ethyl adjacent to an activating group) is 1. The second kappa shape index (κ2) is 8.36. The molecule has 1 unspecified atom stereocenters. The van der Waals surface area contributed by atoms with Crippen molar-refractivity contribution in [3.8, 4) is 5.88 Å². The van der Waals surface area contributed by atoms with Gasteiger partial charge >= 0.3 is 0 Å². The third kappa shape index (κ3) is 3.91. The number of aromatic hydroxyl groups is 1. The summed E-state index contributed by atoms with van der Waals surface area (Å²) in [4.78, 5) is 14.5. The fraction of sp³-hybridized carbons (Fsp3) is 0.238. The average molecular weight is 458 g/mol. The van der Waals surface area contributed by atoms with Crippen molar-refractivity contribution in [1.82, 2.24) is 4.98 Å². The minimum atomic E-state index is 0.0458. The molecular formula is C21H22BrN4O3+. The highest BCUT2D eigenvalue weighted by molar-refractivity contribution is 9.10. The zero-order chi connectivity index (χ0) is 20.4. The molecule has 0 aliphatic carbocycles. The molecule has 0 radical (unpaired) electrons. The van der Waals surface area contributed by atoms with Gasteiger partial charge in [-0.3, -0.25) is 0 Å². The maximum Gasteiger partial charge on any atom is 0.199 e. The molecule has 0 amide bonds. The largest absolute Gasteiger partial charge is 0.494 e. The van der Waals surface area contributed by atoms with E-state index in [0.717, 1.165) is 38.1 Å². The minimum Gasteiger partial charge on any atom is -0.494 e. The zero-order valence-electron chi connectivity index (χ0n) is 15.9. The molecule has 4 rings (SSSR count). The third-order valence-electron chi connectivity index (χ3n) is 4.91. The molecule has 2 heterocycles. The van der Waals surface area contributed by atoms with Crippen LogP contribution in [0.4, 0.5) is 5.69 Å². The van der Waals surface area contributed by atoms with E-state index < -0.39 is 0 Å². The molecule has 3 aromatic rings. The van der Waals surface area contributed by atoms with E-state index in [4.69, 9.17) is 14.9 Å². The highest BCUT2D eigenvalue weighted by Crippen LogP contribution is 2.36. The summed E-state index contributed by atoms with van der Waals surface area (Å²) in [5.41, 5.74) is 4.23.